The van der Waals surface area contributed by atoms with E-state index < -0.39 is 0 Å². The van der Waals surface area contributed by atoms with Crippen molar-refractivity contribution in [3.8, 4) is 0 Å². The Balaban J connectivity index is 2.08. The molecule has 1 aliphatic carbocycles. The third-order valence-corrected chi connectivity index (χ3v) is 3.01. The fourth-order valence-corrected chi connectivity index (χ4v) is 1.62. The summed E-state index contributed by atoms with van der Waals surface area (Å²) in [6.07, 6.45) is 5.93. The predicted molar refractivity (Wildman–Crippen MR) is 52.7 cm³/mol. The van der Waals surface area contributed by atoms with Crippen molar-refractivity contribution < 1.29 is 0 Å². The summed E-state index contributed by atoms with van der Waals surface area (Å²) in [4.78, 5) is 7.80. The lowest BCUT2D eigenvalue weighted by molar-refractivity contribution is 0.403. The van der Waals surface area contributed by atoms with Gasteiger partial charge in [-0.1, -0.05) is 6.42 Å². The van der Waals surface area contributed by atoms with E-state index in [2.05, 4.69) is 22.2 Å². The Bertz CT molecular complexity index is 256. The number of hydrogen-bond donors (Lipinski definition) is 2. The Morgan fingerprint density at radius 2 is 2.38 bits per heavy atom. The topological polar surface area (TPSA) is 40.7 Å². The first-order valence-electron chi connectivity index (χ1n) is 5.03. The first-order chi connectivity index (χ1) is 6.31. The van der Waals surface area contributed by atoms with Gasteiger partial charge in [-0.15, -0.1) is 0 Å². The van der Waals surface area contributed by atoms with Gasteiger partial charge in [0.1, 0.15) is 5.82 Å². The second-order valence-corrected chi connectivity index (χ2v) is 3.86. The molecule has 3 nitrogen and oxygen atoms in total. The van der Waals surface area contributed by atoms with E-state index in [1.165, 1.54) is 30.8 Å². The Morgan fingerprint density at radius 1 is 1.62 bits per heavy atom. The monoisotopic (exact) mass is 179 g/mol. The Kier molecular flexibility index (Phi) is 2.36. The molecule has 1 unspecified atom stereocenters. The molecule has 2 N–H and O–H groups in total. The van der Waals surface area contributed by atoms with E-state index in [1.54, 1.807) is 0 Å². The van der Waals surface area contributed by atoms with Crippen LogP contribution in [0.15, 0.2) is 6.20 Å². The van der Waals surface area contributed by atoms with Crippen molar-refractivity contribution in [2.45, 2.75) is 38.1 Å². The maximum atomic E-state index is 4.41. The molecule has 1 saturated carbocycles. The lowest BCUT2D eigenvalue weighted by atomic mass is 9.85. The molecule has 0 amide bonds. The lowest BCUT2D eigenvalue weighted by Gasteiger charge is -2.22. The van der Waals surface area contributed by atoms with E-state index in [9.17, 15) is 0 Å². The SMILES string of the molecule is CNC(C)c1cnc(C2CCC2)[nH]1. The fraction of sp³-hybridized carbons (Fsp3) is 0.700. The summed E-state index contributed by atoms with van der Waals surface area (Å²) >= 11 is 0. The van der Waals surface area contributed by atoms with Crippen LogP contribution in [0.1, 0.15) is 49.7 Å². The van der Waals surface area contributed by atoms with Gasteiger partial charge in [-0.2, -0.15) is 0 Å². The molecule has 1 fully saturated rings. The van der Waals surface area contributed by atoms with Crippen molar-refractivity contribution >= 4 is 0 Å². The van der Waals surface area contributed by atoms with E-state index >= 15 is 0 Å². The Labute approximate surface area is 79.0 Å². The molecular formula is C10H17N3. The fourth-order valence-electron chi connectivity index (χ4n) is 1.62. The van der Waals surface area contributed by atoms with Crippen LogP contribution in [-0.4, -0.2) is 17.0 Å². The highest BCUT2D eigenvalue weighted by Crippen LogP contribution is 2.34. The number of aromatic nitrogens is 2. The Morgan fingerprint density at radius 3 is 2.92 bits per heavy atom. The molecule has 72 valence electrons. The zero-order chi connectivity index (χ0) is 9.26. The number of nitrogens with zero attached hydrogens (tertiary/aromatic N) is 1. The number of H-pyrrole nitrogens is 1. The summed E-state index contributed by atoms with van der Waals surface area (Å²) in [5.74, 6) is 1.89. The quantitative estimate of drug-likeness (QED) is 0.744. The number of hydrogen-bond acceptors (Lipinski definition) is 2. The molecular weight excluding hydrogens is 162 g/mol. The third kappa shape index (κ3) is 1.61. The zero-order valence-electron chi connectivity index (χ0n) is 8.30. The number of imidazole rings is 1. The van der Waals surface area contributed by atoms with Gasteiger partial charge >= 0.3 is 0 Å². The summed E-state index contributed by atoms with van der Waals surface area (Å²) in [6, 6.07) is 0.376. The molecule has 3 heteroatoms. The van der Waals surface area contributed by atoms with E-state index in [4.69, 9.17) is 0 Å². The van der Waals surface area contributed by atoms with Gasteiger partial charge in [0.2, 0.25) is 0 Å². The van der Waals surface area contributed by atoms with Crippen LogP contribution in [0.25, 0.3) is 0 Å². The number of rotatable bonds is 3. The standard InChI is InChI=1S/C10H17N3/c1-7(11-2)9-6-12-10(13-9)8-4-3-5-8/h6-8,11H,3-5H2,1-2H3,(H,12,13). The molecule has 0 aromatic carbocycles. The Hall–Kier alpha value is -0.830. The zero-order valence-corrected chi connectivity index (χ0v) is 8.30. The number of nitrogens with one attached hydrogen (secondary N) is 2. The lowest BCUT2D eigenvalue weighted by Crippen LogP contribution is -2.14. The molecule has 0 bridgehead atoms. The summed E-state index contributed by atoms with van der Waals surface area (Å²) in [5, 5.41) is 3.20. The van der Waals surface area contributed by atoms with E-state index in [1.807, 2.05) is 13.2 Å². The summed E-state index contributed by atoms with van der Waals surface area (Å²) in [6.45, 7) is 2.14. The largest absolute Gasteiger partial charge is 0.344 e. The van der Waals surface area contributed by atoms with Crippen molar-refractivity contribution in [1.29, 1.82) is 0 Å². The molecule has 0 saturated heterocycles. The summed E-state index contributed by atoms with van der Waals surface area (Å²) in [5.41, 5.74) is 1.20. The summed E-state index contributed by atoms with van der Waals surface area (Å²) in [7, 11) is 1.97. The molecule has 1 aromatic heterocycles. The van der Waals surface area contributed by atoms with Gasteiger partial charge in [-0.3, -0.25) is 0 Å². The van der Waals surface area contributed by atoms with Gasteiger partial charge in [-0.25, -0.2) is 4.98 Å². The van der Waals surface area contributed by atoms with Crippen molar-refractivity contribution in [2.24, 2.45) is 0 Å². The van der Waals surface area contributed by atoms with Gasteiger partial charge in [0, 0.05) is 18.2 Å². The molecule has 13 heavy (non-hydrogen) atoms. The number of aromatic amines is 1. The van der Waals surface area contributed by atoms with Crippen LogP contribution in [0.3, 0.4) is 0 Å². The van der Waals surface area contributed by atoms with Gasteiger partial charge in [-0.05, 0) is 26.8 Å². The second kappa shape index (κ2) is 3.50. The average Bonchev–Trinajstić information content (AvgIpc) is 2.49. The highest BCUT2D eigenvalue weighted by molar-refractivity contribution is 5.10. The van der Waals surface area contributed by atoms with E-state index in [0.29, 0.717) is 12.0 Å². The van der Waals surface area contributed by atoms with Gasteiger partial charge < -0.3 is 10.3 Å². The first-order valence-corrected chi connectivity index (χ1v) is 5.03. The van der Waals surface area contributed by atoms with Crippen LogP contribution >= 0.6 is 0 Å². The smallest absolute Gasteiger partial charge is 0.109 e. The molecule has 1 aromatic rings. The third-order valence-electron chi connectivity index (χ3n) is 3.01. The van der Waals surface area contributed by atoms with Crippen LogP contribution in [-0.2, 0) is 0 Å². The molecule has 0 spiro atoms. The van der Waals surface area contributed by atoms with Crippen molar-refractivity contribution in [1.82, 2.24) is 15.3 Å². The average molecular weight is 179 g/mol. The minimum Gasteiger partial charge on any atom is -0.344 e. The van der Waals surface area contributed by atoms with Gasteiger partial charge in [0.25, 0.3) is 0 Å². The van der Waals surface area contributed by atoms with Crippen molar-refractivity contribution in [3.05, 3.63) is 17.7 Å². The highest BCUT2D eigenvalue weighted by atomic mass is 15.0. The van der Waals surface area contributed by atoms with Crippen molar-refractivity contribution in [3.63, 3.8) is 0 Å². The van der Waals surface area contributed by atoms with Crippen LogP contribution in [0.4, 0.5) is 0 Å². The maximum Gasteiger partial charge on any atom is 0.109 e. The van der Waals surface area contributed by atoms with Crippen LogP contribution in [0, 0.1) is 0 Å². The minimum atomic E-state index is 0.376. The molecule has 2 rings (SSSR count). The summed E-state index contributed by atoms with van der Waals surface area (Å²) < 4.78 is 0. The van der Waals surface area contributed by atoms with Gasteiger partial charge in [0.05, 0.1) is 5.69 Å². The molecule has 0 radical (unpaired) electrons. The van der Waals surface area contributed by atoms with E-state index in [-0.39, 0.29) is 0 Å². The first kappa shape index (κ1) is 8.75. The van der Waals surface area contributed by atoms with Crippen molar-refractivity contribution in [2.75, 3.05) is 7.05 Å². The normalized spacial score (nSPS) is 19.8. The molecule has 1 aliphatic rings. The highest BCUT2D eigenvalue weighted by Gasteiger charge is 2.22. The second-order valence-electron chi connectivity index (χ2n) is 3.86. The predicted octanol–water partition coefficient (Wildman–Crippen LogP) is 1.96. The van der Waals surface area contributed by atoms with Crippen LogP contribution in [0.2, 0.25) is 0 Å². The van der Waals surface area contributed by atoms with Crippen LogP contribution in [0.5, 0.6) is 0 Å². The van der Waals surface area contributed by atoms with E-state index in [0.717, 1.165) is 0 Å². The minimum absolute atomic E-state index is 0.376. The molecule has 1 atom stereocenters. The molecule has 1 heterocycles. The maximum absolute atomic E-state index is 4.41. The van der Waals surface area contributed by atoms with Crippen LogP contribution < -0.4 is 5.32 Å². The molecule has 0 aliphatic heterocycles. The van der Waals surface area contributed by atoms with Gasteiger partial charge in [0.15, 0.2) is 0 Å².